The maximum absolute atomic E-state index is 13.4. The normalized spacial score (nSPS) is 10.9. The summed E-state index contributed by atoms with van der Waals surface area (Å²) >= 11 is 1.30. The second-order valence-corrected chi connectivity index (χ2v) is 8.73. The molecule has 33 heavy (non-hydrogen) atoms. The monoisotopic (exact) mass is 461 g/mol. The lowest BCUT2D eigenvalue weighted by molar-refractivity contribution is 0.0527. The van der Waals surface area contributed by atoms with E-state index in [9.17, 15) is 14.4 Å². The molecular formula is C25H23N3O4S. The highest BCUT2D eigenvalue weighted by atomic mass is 32.1. The third-order valence-corrected chi connectivity index (χ3v) is 6.47. The summed E-state index contributed by atoms with van der Waals surface area (Å²) in [7, 11) is 0. The molecule has 4 aromatic rings. The number of benzene rings is 2. The molecule has 168 valence electrons. The van der Waals surface area contributed by atoms with E-state index in [1.54, 1.807) is 31.2 Å². The molecule has 4 rings (SSSR count). The van der Waals surface area contributed by atoms with Gasteiger partial charge in [0.05, 0.1) is 24.1 Å². The number of anilines is 1. The van der Waals surface area contributed by atoms with Gasteiger partial charge >= 0.3 is 5.97 Å². The van der Waals surface area contributed by atoms with Crippen molar-refractivity contribution in [3.63, 3.8) is 0 Å². The molecule has 0 saturated heterocycles. The van der Waals surface area contributed by atoms with Gasteiger partial charge in [0.1, 0.15) is 5.00 Å². The third-order valence-electron chi connectivity index (χ3n) is 5.35. The van der Waals surface area contributed by atoms with Crippen LogP contribution in [0.15, 0.2) is 59.4 Å². The van der Waals surface area contributed by atoms with E-state index >= 15 is 0 Å². The predicted octanol–water partition coefficient (Wildman–Crippen LogP) is 4.55. The summed E-state index contributed by atoms with van der Waals surface area (Å²) in [4.78, 5) is 39.8. The van der Waals surface area contributed by atoms with Gasteiger partial charge in [-0.05, 0) is 38.0 Å². The number of nitrogens with zero attached hydrogens (tertiary/aromatic N) is 2. The first-order valence-electron chi connectivity index (χ1n) is 10.5. The van der Waals surface area contributed by atoms with Crippen molar-refractivity contribution in [1.29, 1.82) is 0 Å². The van der Waals surface area contributed by atoms with Crippen LogP contribution in [0.3, 0.4) is 0 Å². The number of aromatic nitrogens is 2. The summed E-state index contributed by atoms with van der Waals surface area (Å²) < 4.78 is 6.47. The van der Waals surface area contributed by atoms with Crippen molar-refractivity contribution < 1.29 is 14.3 Å². The fourth-order valence-electron chi connectivity index (χ4n) is 3.59. The number of amides is 1. The molecule has 0 unspecified atom stereocenters. The Morgan fingerprint density at radius 1 is 1.03 bits per heavy atom. The first-order chi connectivity index (χ1) is 15.9. The Balaban J connectivity index is 1.78. The zero-order valence-corrected chi connectivity index (χ0v) is 19.4. The SMILES string of the molecule is CCOC(=O)c1c(NC(=O)c2nn(Cc3ccccc3)c(=O)c3ccccc23)sc(C)c1C. The number of hydrogen-bond acceptors (Lipinski definition) is 6. The maximum atomic E-state index is 13.4. The van der Waals surface area contributed by atoms with Crippen LogP contribution >= 0.6 is 11.3 Å². The summed E-state index contributed by atoms with van der Waals surface area (Å²) in [6.45, 7) is 5.90. The minimum atomic E-state index is -0.500. The average Bonchev–Trinajstić information content (AvgIpc) is 3.09. The second-order valence-electron chi connectivity index (χ2n) is 7.50. The minimum Gasteiger partial charge on any atom is -0.462 e. The number of nitrogens with one attached hydrogen (secondary N) is 1. The average molecular weight is 462 g/mol. The molecule has 2 aromatic heterocycles. The zero-order chi connectivity index (χ0) is 23.5. The molecule has 2 heterocycles. The molecule has 0 aliphatic carbocycles. The van der Waals surface area contributed by atoms with E-state index in [2.05, 4.69) is 10.4 Å². The topological polar surface area (TPSA) is 90.3 Å². The highest BCUT2D eigenvalue weighted by Crippen LogP contribution is 2.33. The zero-order valence-electron chi connectivity index (χ0n) is 18.5. The Kier molecular flexibility index (Phi) is 6.37. The van der Waals surface area contributed by atoms with E-state index in [0.717, 1.165) is 16.0 Å². The molecule has 8 heteroatoms. The van der Waals surface area contributed by atoms with E-state index in [1.165, 1.54) is 16.0 Å². The van der Waals surface area contributed by atoms with Gasteiger partial charge in [-0.1, -0.05) is 48.5 Å². The molecule has 1 N–H and O–H groups in total. The summed E-state index contributed by atoms with van der Waals surface area (Å²) in [5.41, 5.74) is 1.83. The highest BCUT2D eigenvalue weighted by molar-refractivity contribution is 7.16. The summed E-state index contributed by atoms with van der Waals surface area (Å²) in [6.07, 6.45) is 0. The fraction of sp³-hybridized carbons (Fsp3) is 0.200. The van der Waals surface area contributed by atoms with Crippen LogP contribution in [0, 0.1) is 13.8 Å². The lowest BCUT2D eigenvalue weighted by Crippen LogP contribution is -2.28. The van der Waals surface area contributed by atoms with Gasteiger partial charge in [0.25, 0.3) is 11.5 Å². The van der Waals surface area contributed by atoms with Crippen molar-refractivity contribution in [2.45, 2.75) is 27.3 Å². The van der Waals surface area contributed by atoms with Crippen LogP contribution in [0.4, 0.5) is 5.00 Å². The van der Waals surface area contributed by atoms with Gasteiger partial charge in [0.2, 0.25) is 0 Å². The van der Waals surface area contributed by atoms with Crippen molar-refractivity contribution in [2.24, 2.45) is 0 Å². The Bertz CT molecular complexity index is 1410. The van der Waals surface area contributed by atoms with Crippen LogP contribution in [0.2, 0.25) is 0 Å². The third kappa shape index (κ3) is 4.42. The minimum absolute atomic E-state index is 0.111. The molecule has 2 aromatic carbocycles. The van der Waals surface area contributed by atoms with E-state index in [-0.39, 0.29) is 24.4 Å². The van der Waals surface area contributed by atoms with Crippen LogP contribution in [0.25, 0.3) is 10.8 Å². The van der Waals surface area contributed by atoms with Gasteiger partial charge in [0.15, 0.2) is 5.69 Å². The summed E-state index contributed by atoms with van der Waals surface area (Å²) in [5, 5.41) is 8.50. The molecule has 0 aliphatic rings. The van der Waals surface area contributed by atoms with Crippen molar-refractivity contribution in [2.75, 3.05) is 11.9 Å². The molecule has 7 nitrogen and oxygen atoms in total. The number of fused-ring (bicyclic) bond motifs is 1. The van der Waals surface area contributed by atoms with Crippen molar-refractivity contribution in [3.8, 4) is 0 Å². The lowest BCUT2D eigenvalue weighted by atomic mass is 10.1. The number of thiophene rings is 1. The molecule has 1 amide bonds. The van der Waals surface area contributed by atoms with Crippen LogP contribution in [-0.2, 0) is 11.3 Å². The van der Waals surface area contributed by atoms with Crippen LogP contribution in [0.5, 0.6) is 0 Å². The maximum Gasteiger partial charge on any atom is 0.341 e. The number of rotatable bonds is 6. The van der Waals surface area contributed by atoms with Gasteiger partial charge in [-0.25, -0.2) is 9.48 Å². The fourth-order valence-corrected chi connectivity index (χ4v) is 4.64. The smallest absolute Gasteiger partial charge is 0.341 e. The predicted molar refractivity (Wildman–Crippen MR) is 129 cm³/mol. The highest BCUT2D eigenvalue weighted by Gasteiger charge is 2.24. The Hall–Kier alpha value is -3.78. The first kappa shape index (κ1) is 22.4. The second kappa shape index (κ2) is 9.38. The van der Waals surface area contributed by atoms with Crippen molar-refractivity contribution in [1.82, 2.24) is 9.78 Å². The Morgan fingerprint density at radius 2 is 1.70 bits per heavy atom. The van der Waals surface area contributed by atoms with E-state index in [4.69, 9.17) is 4.74 Å². The Labute approximate surface area is 194 Å². The number of hydrogen-bond donors (Lipinski definition) is 1. The van der Waals surface area contributed by atoms with Gasteiger partial charge in [0, 0.05) is 10.3 Å². The quantitative estimate of drug-likeness (QED) is 0.426. The molecule has 0 bridgehead atoms. The lowest BCUT2D eigenvalue weighted by Gasteiger charge is -2.12. The number of esters is 1. The van der Waals surface area contributed by atoms with Crippen LogP contribution < -0.4 is 10.9 Å². The first-order valence-corrected chi connectivity index (χ1v) is 11.3. The van der Waals surface area contributed by atoms with Gasteiger partial charge in [-0.15, -0.1) is 11.3 Å². The molecule has 0 saturated carbocycles. The molecule has 0 aliphatic heterocycles. The number of ether oxygens (including phenoxy) is 1. The van der Waals surface area contributed by atoms with Crippen molar-refractivity contribution >= 4 is 39.0 Å². The molecule has 0 spiro atoms. The van der Waals surface area contributed by atoms with Crippen LogP contribution in [0.1, 0.15) is 43.8 Å². The standard InChI is InChI=1S/C25H23N3O4S/c1-4-32-25(31)20-15(2)16(3)33-23(20)26-22(29)21-18-12-8-9-13-19(18)24(30)28(27-21)14-17-10-6-5-7-11-17/h5-13H,4,14H2,1-3H3,(H,26,29). The summed E-state index contributed by atoms with van der Waals surface area (Å²) in [5.74, 6) is -0.985. The molecule has 0 atom stereocenters. The van der Waals surface area contributed by atoms with E-state index in [1.807, 2.05) is 44.2 Å². The van der Waals surface area contributed by atoms with E-state index < -0.39 is 11.9 Å². The molecular weight excluding hydrogens is 438 g/mol. The van der Waals surface area contributed by atoms with Crippen molar-refractivity contribution in [3.05, 3.63) is 92.2 Å². The molecule has 0 radical (unpaired) electrons. The van der Waals surface area contributed by atoms with Gasteiger partial charge in [-0.3, -0.25) is 9.59 Å². The van der Waals surface area contributed by atoms with Crippen LogP contribution in [-0.4, -0.2) is 28.3 Å². The number of carbonyl (C=O) groups excluding carboxylic acids is 2. The largest absolute Gasteiger partial charge is 0.462 e. The van der Waals surface area contributed by atoms with E-state index in [0.29, 0.717) is 21.3 Å². The van der Waals surface area contributed by atoms with Gasteiger partial charge in [-0.2, -0.15) is 5.10 Å². The number of aryl methyl sites for hydroxylation is 1. The Morgan fingerprint density at radius 3 is 2.39 bits per heavy atom. The van der Waals surface area contributed by atoms with Gasteiger partial charge < -0.3 is 10.1 Å². The molecule has 0 fully saturated rings. The summed E-state index contributed by atoms with van der Waals surface area (Å²) in [6, 6.07) is 16.3. The number of carbonyl (C=O) groups is 2.